The van der Waals surface area contributed by atoms with Crippen molar-refractivity contribution in [3.8, 4) is 0 Å². The van der Waals surface area contributed by atoms with E-state index in [1.807, 2.05) is 0 Å². The van der Waals surface area contributed by atoms with Crippen molar-refractivity contribution in [2.45, 2.75) is 38.8 Å². The summed E-state index contributed by atoms with van der Waals surface area (Å²) in [5.74, 6) is 0.516. The maximum absolute atomic E-state index is 5.11. The quantitative estimate of drug-likeness (QED) is 0.788. The van der Waals surface area contributed by atoms with Crippen molar-refractivity contribution in [2.75, 3.05) is 13.7 Å². The second kappa shape index (κ2) is 5.70. The lowest BCUT2D eigenvalue weighted by Crippen LogP contribution is -2.14. The van der Waals surface area contributed by atoms with Gasteiger partial charge in [0.05, 0.1) is 0 Å². The van der Waals surface area contributed by atoms with E-state index in [0.717, 1.165) is 35.6 Å². The van der Waals surface area contributed by atoms with Crippen LogP contribution in [0.15, 0.2) is 0 Å². The summed E-state index contributed by atoms with van der Waals surface area (Å²) >= 11 is 1.72. The van der Waals surface area contributed by atoms with Crippen LogP contribution < -0.4 is 5.32 Å². The van der Waals surface area contributed by atoms with Crippen LogP contribution in [0.4, 0.5) is 0 Å². The predicted octanol–water partition coefficient (Wildman–Crippen LogP) is 1.62. The Hall–Kier alpha value is -0.520. The summed E-state index contributed by atoms with van der Waals surface area (Å²) < 4.78 is 5.11. The zero-order valence-electron chi connectivity index (χ0n) is 9.90. The maximum Gasteiger partial charge on any atom is 0.131 e. The highest BCUT2D eigenvalue weighted by Crippen LogP contribution is 2.20. The molecule has 0 bridgehead atoms. The lowest BCUT2D eigenvalue weighted by Gasteiger charge is -2.06. The first-order valence-electron chi connectivity index (χ1n) is 5.81. The van der Waals surface area contributed by atoms with Crippen LogP contribution in [0.3, 0.4) is 0 Å². The fourth-order valence-electron chi connectivity index (χ4n) is 1.60. The number of ether oxygens (including phenoxy) is 1. The van der Waals surface area contributed by atoms with Gasteiger partial charge >= 0.3 is 0 Å². The predicted molar refractivity (Wildman–Crippen MR) is 64.5 cm³/mol. The first-order valence-corrected chi connectivity index (χ1v) is 6.63. The van der Waals surface area contributed by atoms with Gasteiger partial charge in [-0.3, -0.25) is 0 Å². The van der Waals surface area contributed by atoms with Gasteiger partial charge in [-0.05, 0) is 18.8 Å². The Labute approximate surface area is 100 Å². The molecule has 0 spiro atoms. The number of aromatic nitrogens is 2. The second-order valence-corrected chi connectivity index (χ2v) is 5.66. The van der Waals surface area contributed by atoms with Gasteiger partial charge in [-0.1, -0.05) is 6.92 Å². The van der Waals surface area contributed by atoms with Crippen molar-refractivity contribution in [1.29, 1.82) is 0 Å². The van der Waals surface area contributed by atoms with Gasteiger partial charge in [0, 0.05) is 32.7 Å². The Morgan fingerprint density at radius 3 is 2.88 bits per heavy atom. The molecule has 0 aliphatic heterocycles. The van der Waals surface area contributed by atoms with E-state index in [4.69, 9.17) is 4.74 Å². The molecule has 1 fully saturated rings. The number of methoxy groups -OCH3 is 1. The number of hydrogen-bond acceptors (Lipinski definition) is 5. The van der Waals surface area contributed by atoms with Crippen LogP contribution in [-0.4, -0.2) is 30.0 Å². The molecule has 1 aromatic rings. The Morgan fingerprint density at radius 2 is 2.19 bits per heavy atom. The minimum Gasteiger partial charge on any atom is -0.384 e. The summed E-state index contributed by atoms with van der Waals surface area (Å²) in [5.41, 5.74) is 0. The van der Waals surface area contributed by atoms with Crippen LogP contribution in [0.2, 0.25) is 0 Å². The smallest absolute Gasteiger partial charge is 0.131 e. The summed E-state index contributed by atoms with van der Waals surface area (Å²) in [5, 5.41) is 14.1. The minimum atomic E-state index is 0.516. The molecule has 90 valence electrons. The first-order chi connectivity index (χ1) is 7.78. The van der Waals surface area contributed by atoms with Gasteiger partial charge in [-0.2, -0.15) is 0 Å². The molecular formula is C11H19N3OS. The summed E-state index contributed by atoms with van der Waals surface area (Å²) in [6.07, 6.45) is 3.60. The molecule has 0 aromatic carbocycles. The fraction of sp³-hybridized carbons (Fsp3) is 0.818. The Kier molecular flexibility index (Phi) is 4.26. The van der Waals surface area contributed by atoms with Crippen molar-refractivity contribution in [3.05, 3.63) is 10.0 Å². The van der Waals surface area contributed by atoms with Crippen LogP contribution >= 0.6 is 11.3 Å². The monoisotopic (exact) mass is 241 g/mol. The molecule has 4 nitrogen and oxygen atoms in total. The summed E-state index contributed by atoms with van der Waals surface area (Å²) in [6.45, 7) is 3.84. The third kappa shape index (κ3) is 3.81. The third-order valence-corrected chi connectivity index (χ3v) is 3.55. The normalized spacial score (nSPS) is 17.6. The lowest BCUT2D eigenvalue weighted by molar-refractivity contribution is 0.159. The van der Waals surface area contributed by atoms with E-state index in [-0.39, 0.29) is 0 Å². The molecule has 0 amide bonds. The van der Waals surface area contributed by atoms with Gasteiger partial charge < -0.3 is 10.1 Å². The Bertz CT molecular complexity index is 325. The van der Waals surface area contributed by atoms with E-state index >= 15 is 0 Å². The fourth-order valence-corrected chi connectivity index (χ4v) is 2.56. The Morgan fingerprint density at radius 1 is 1.44 bits per heavy atom. The van der Waals surface area contributed by atoms with Crippen molar-refractivity contribution < 1.29 is 4.74 Å². The van der Waals surface area contributed by atoms with E-state index in [0.29, 0.717) is 5.92 Å². The van der Waals surface area contributed by atoms with E-state index in [9.17, 15) is 0 Å². The molecule has 2 rings (SSSR count). The highest BCUT2D eigenvalue weighted by atomic mass is 32.1. The largest absolute Gasteiger partial charge is 0.384 e. The number of rotatable bonds is 7. The topological polar surface area (TPSA) is 47.0 Å². The molecule has 1 aromatic heterocycles. The number of nitrogens with zero attached hydrogens (tertiary/aromatic N) is 2. The van der Waals surface area contributed by atoms with Crippen LogP contribution in [0.5, 0.6) is 0 Å². The summed E-state index contributed by atoms with van der Waals surface area (Å²) in [4.78, 5) is 0. The van der Waals surface area contributed by atoms with E-state index in [1.54, 1.807) is 18.4 Å². The average molecular weight is 241 g/mol. The highest BCUT2D eigenvalue weighted by Gasteiger charge is 2.20. The van der Waals surface area contributed by atoms with Gasteiger partial charge in [-0.25, -0.2) is 0 Å². The molecule has 1 saturated carbocycles. The maximum atomic E-state index is 5.11. The van der Waals surface area contributed by atoms with Gasteiger partial charge in [-0.15, -0.1) is 21.5 Å². The second-order valence-electron chi connectivity index (χ2n) is 4.51. The highest BCUT2D eigenvalue weighted by molar-refractivity contribution is 7.11. The first kappa shape index (κ1) is 12.0. The molecule has 1 atom stereocenters. The van der Waals surface area contributed by atoms with Crippen molar-refractivity contribution in [2.24, 2.45) is 5.92 Å². The zero-order valence-corrected chi connectivity index (χ0v) is 10.7. The SMILES string of the molecule is COCC(C)Cc1nnc(CNC2CC2)s1. The van der Waals surface area contributed by atoms with Crippen LogP contribution in [-0.2, 0) is 17.7 Å². The summed E-state index contributed by atoms with van der Waals surface area (Å²) in [7, 11) is 1.74. The lowest BCUT2D eigenvalue weighted by atomic mass is 10.1. The molecule has 5 heteroatoms. The van der Waals surface area contributed by atoms with Crippen molar-refractivity contribution in [1.82, 2.24) is 15.5 Å². The van der Waals surface area contributed by atoms with E-state index in [1.165, 1.54) is 12.8 Å². The molecule has 16 heavy (non-hydrogen) atoms. The van der Waals surface area contributed by atoms with Gasteiger partial charge in [0.15, 0.2) is 0 Å². The molecule has 1 aliphatic rings. The Balaban J connectivity index is 1.76. The number of hydrogen-bond donors (Lipinski definition) is 1. The molecule has 1 aliphatic carbocycles. The van der Waals surface area contributed by atoms with E-state index in [2.05, 4.69) is 22.4 Å². The molecule has 1 heterocycles. The standard InChI is InChI=1S/C11H19N3OS/c1-8(7-15-2)5-10-13-14-11(16-10)6-12-9-3-4-9/h8-9,12H,3-7H2,1-2H3. The molecule has 1 unspecified atom stereocenters. The van der Waals surface area contributed by atoms with E-state index < -0.39 is 0 Å². The van der Waals surface area contributed by atoms with Gasteiger partial charge in [0.1, 0.15) is 10.0 Å². The minimum absolute atomic E-state index is 0.516. The van der Waals surface area contributed by atoms with Crippen LogP contribution in [0.1, 0.15) is 29.8 Å². The zero-order chi connectivity index (χ0) is 11.4. The summed E-state index contributed by atoms with van der Waals surface area (Å²) in [6, 6.07) is 0.736. The van der Waals surface area contributed by atoms with Gasteiger partial charge in [0.2, 0.25) is 0 Å². The van der Waals surface area contributed by atoms with Crippen LogP contribution in [0.25, 0.3) is 0 Å². The molecular weight excluding hydrogens is 222 g/mol. The van der Waals surface area contributed by atoms with Crippen molar-refractivity contribution in [3.63, 3.8) is 0 Å². The van der Waals surface area contributed by atoms with Crippen LogP contribution in [0, 0.1) is 5.92 Å². The molecule has 1 N–H and O–H groups in total. The molecule has 0 saturated heterocycles. The third-order valence-electron chi connectivity index (χ3n) is 2.60. The molecule has 0 radical (unpaired) electrons. The average Bonchev–Trinajstić information content (AvgIpc) is 2.98. The van der Waals surface area contributed by atoms with Gasteiger partial charge in [0.25, 0.3) is 0 Å². The number of nitrogens with one attached hydrogen (secondary N) is 1. The van der Waals surface area contributed by atoms with Crippen molar-refractivity contribution >= 4 is 11.3 Å².